The normalized spacial score (nSPS) is 26.0. The van der Waals surface area contributed by atoms with Crippen molar-refractivity contribution in [1.29, 1.82) is 0 Å². The van der Waals surface area contributed by atoms with Crippen LogP contribution in [0.15, 0.2) is 11.0 Å². The van der Waals surface area contributed by atoms with Crippen LogP contribution < -0.4 is 10.9 Å². The van der Waals surface area contributed by atoms with Crippen molar-refractivity contribution in [1.82, 2.24) is 9.78 Å². The first-order valence-electron chi connectivity index (χ1n) is 6.98. The first kappa shape index (κ1) is 14.9. The summed E-state index contributed by atoms with van der Waals surface area (Å²) >= 11 is 6.11. The number of hydrogen-bond donors (Lipinski definition) is 1. The van der Waals surface area contributed by atoms with E-state index in [-0.39, 0.29) is 18.1 Å². The summed E-state index contributed by atoms with van der Waals surface area (Å²) in [5, 5.41) is 7.61. The van der Waals surface area contributed by atoms with Gasteiger partial charge in [0.25, 0.3) is 5.56 Å². The number of terminal acetylenes is 1. The zero-order valence-electron chi connectivity index (χ0n) is 11.9. The molecule has 1 aliphatic carbocycles. The highest BCUT2D eigenvalue weighted by Gasteiger charge is 2.26. The highest BCUT2D eigenvalue weighted by Crippen LogP contribution is 2.31. The minimum atomic E-state index is -0.249. The lowest BCUT2D eigenvalue weighted by Crippen LogP contribution is -2.36. The summed E-state index contributed by atoms with van der Waals surface area (Å²) in [7, 11) is 0. The van der Waals surface area contributed by atoms with Crippen LogP contribution in [0.5, 0.6) is 0 Å². The van der Waals surface area contributed by atoms with Crippen LogP contribution in [0.3, 0.4) is 0 Å². The van der Waals surface area contributed by atoms with Gasteiger partial charge in [-0.15, -0.1) is 6.42 Å². The molecule has 0 amide bonds. The lowest BCUT2D eigenvalue weighted by atomic mass is 9.80. The third-order valence-electron chi connectivity index (χ3n) is 4.00. The summed E-state index contributed by atoms with van der Waals surface area (Å²) in [5.74, 6) is 3.68. The van der Waals surface area contributed by atoms with Crippen molar-refractivity contribution >= 4 is 17.3 Å². The molecule has 1 N–H and O–H groups in total. The van der Waals surface area contributed by atoms with Gasteiger partial charge in [-0.1, -0.05) is 31.4 Å². The summed E-state index contributed by atoms with van der Waals surface area (Å²) in [5.41, 5.74) is 0.171. The predicted molar refractivity (Wildman–Crippen MR) is 81.9 cm³/mol. The van der Waals surface area contributed by atoms with Crippen molar-refractivity contribution in [3.05, 3.63) is 21.6 Å². The van der Waals surface area contributed by atoms with E-state index in [4.69, 9.17) is 18.0 Å². The summed E-state index contributed by atoms with van der Waals surface area (Å²) < 4.78 is 1.25. The topological polar surface area (TPSA) is 46.9 Å². The summed E-state index contributed by atoms with van der Waals surface area (Å²) in [6, 6.07) is 0.276. The number of nitrogens with one attached hydrogen (secondary N) is 1. The Balaban J connectivity index is 2.23. The molecule has 1 fully saturated rings. The fourth-order valence-electron chi connectivity index (χ4n) is 2.86. The molecule has 20 heavy (non-hydrogen) atoms. The van der Waals surface area contributed by atoms with Gasteiger partial charge in [-0.05, 0) is 31.1 Å². The van der Waals surface area contributed by atoms with Crippen LogP contribution in [0.2, 0.25) is 5.02 Å². The van der Waals surface area contributed by atoms with Crippen LogP contribution in [-0.4, -0.2) is 15.8 Å². The van der Waals surface area contributed by atoms with E-state index < -0.39 is 0 Å². The molecule has 0 saturated heterocycles. The molecule has 5 heteroatoms. The SMILES string of the molecule is C#CCn1ncc(Cl)c(NC2CCC(C)CC2C)c1=O. The first-order chi connectivity index (χ1) is 9.52. The number of aromatic nitrogens is 2. The second-order valence-electron chi connectivity index (χ2n) is 5.68. The minimum Gasteiger partial charge on any atom is -0.376 e. The van der Waals surface area contributed by atoms with Crippen LogP contribution in [0.1, 0.15) is 33.1 Å². The maximum Gasteiger partial charge on any atom is 0.292 e. The average Bonchev–Trinajstić information content (AvgIpc) is 2.40. The Morgan fingerprint density at radius 2 is 2.30 bits per heavy atom. The monoisotopic (exact) mass is 293 g/mol. The highest BCUT2D eigenvalue weighted by atomic mass is 35.5. The molecule has 1 heterocycles. The Bertz CT molecular complexity index is 575. The van der Waals surface area contributed by atoms with E-state index in [1.165, 1.54) is 23.7 Å². The number of hydrogen-bond acceptors (Lipinski definition) is 3. The van der Waals surface area contributed by atoms with Crippen LogP contribution in [0.25, 0.3) is 0 Å². The van der Waals surface area contributed by atoms with Gasteiger partial charge in [-0.25, -0.2) is 4.68 Å². The summed E-state index contributed by atoms with van der Waals surface area (Å²) in [4.78, 5) is 12.3. The van der Waals surface area contributed by atoms with E-state index in [0.29, 0.717) is 16.6 Å². The van der Waals surface area contributed by atoms with E-state index in [9.17, 15) is 4.79 Å². The second kappa shape index (κ2) is 6.32. The van der Waals surface area contributed by atoms with Crippen molar-refractivity contribution < 1.29 is 0 Å². The Morgan fingerprint density at radius 1 is 1.55 bits per heavy atom. The van der Waals surface area contributed by atoms with E-state index in [1.54, 1.807) is 0 Å². The van der Waals surface area contributed by atoms with Gasteiger partial charge >= 0.3 is 0 Å². The van der Waals surface area contributed by atoms with Gasteiger partial charge in [0, 0.05) is 6.04 Å². The van der Waals surface area contributed by atoms with E-state index in [0.717, 1.165) is 12.3 Å². The maximum absolute atomic E-state index is 12.3. The Kier molecular flexibility index (Phi) is 4.72. The number of rotatable bonds is 3. The molecule has 3 atom stereocenters. The van der Waals surface area contributed by atoms with Crippen molar-refractivity contribution in [2.24, 2.45) is 11.8 Å². The van der Waals surface area contributed by atoms with E-state index in [2.05, 4.69) is 30.2 Å². The Hall–Kier alpha value is -1.47. The number of anilines is 1. The lowest BCUT2D eigenvalue weighted by Gasteiger charge is -2.33. The molecule has 0 spiro atoms. The zero-order valence-corrected chi connectivity index (χ0v) is 12.7. The smallest absolute Gasteiger partial charge is 0.292 e. The Morgan fingerprint density at radius 3 is 2.95 bits per heavy atom. The molecule has 3 unspecified atom stereocenters. The molecule has 0 aromatic carbocycles. The zero-order chi connectivity index (χ0) is 14.7. The third-order valence-corrected chi connectivity index (χ3v) is 4.29. The standard InChI is InChI=1S/C15H20ClN3O/c1-4-7-19-15(20)14(12(16)9-17-19)18-13-6-5-10(2)8-11(13)3/h1,9-11,13,18H,5-8H2,2-3H3. The third kappa shape index (κ3) is 3.16. The van der Waals surface area contributed by atoms with Crippen LogP contribution in [-0.2, 0) is 6.54 Å². The highest BCUT2D eigenvalue weighted by molar-refractivity contribution is 6.33. The molecule has 1 aromatic heterocycles. The van der Waals surface area contributed by atoms with Gasteiger partial charge in [0.1, 0.15) is 12.2 Å². The maximum atomic E-state index is 12.3. The number of halogens is 1. The largest absolute Gasteiger partial charge is 0.376 e. The molecular formula is C15H20ClN3O. The second-order valence-corrected chi connectivity index (χ2v) is 6.09. The first-order valence-corrected chi connectivity index (χ1v) is 7.36. The van der Waals surface area contributed by atoms with Gasteiger partial charge in [0.05, 0.1) is 11.2 Å². The minimum absolute atomic E-state index is 0.155. The van der Waals surface area contributed by atoms with E-state index >= 15 is 0 Å². The molecule has 0 radical (unpaired) electrons. The van der Waals surface area contributed by atoms with Gasteiger partial charge in [0.2, 0.25) is 0 Å². The van der Waals surface area contributed by atoms with Crippen molar-refractivity contribution in [2.75, 3.05) is 5.32 Å². The van der Waals surface area contributed by atoms with Crippen molar-refractivity contribution in [2.45, 2.75) is 45.7 Å². The van der Waals surface area contributed by atoms with Gasteiger partial charge < -0.3 is 5.32 Å². The van der Waals surface area contributed by atoms with Gasteiger partial charge in [0.15, 0.2) is 0 Å². The Labute approximate surface area is 124 Å². The molecule has 4 nitrogen and oxygen atoms in total. The molecule has 2 rings (SSSR count). The summed E-state index contributed by atoms with van der Waals surface area (Å²) in [6.45, 7) is 4.64. The fourth-order valence-corrected chi connectivity index (χ4v) is 3.04. The van der Waals surface area contributed by atoms with Crippen LogP contribution >= 0.6 is 11.6 Å². The van der Waals surface area contributed by atoms with Crippen LogP contribution in [0, 0.1) is 24.2 Å². The molecular weight excluding hydrogens is 274 g/mol. The molecule has 1 aromatic rings. The average molecular weight is 294 g/mol. The van der Waals surface area contributed by atoms with E-state index in [1.807, 2.05) is 0 Å². The van der Waals surface area contributed by atoms with Crippen molar-refractivity contribution in [3.63, 3.8) is 0 Å². The molecule has 1 saturated carbocycles. The fraction of sp³-hybridized carbons (Fsp3) is 0.600. The molecule has 108 valence electrons. The lowest BCUT2D eigenvalue weighted by molar-refractivity contribution is 0.276. The summed E-state index contributed by atoms with van der Waals surface area (Å²) in [6.07, 6.45) is 10.1. The molecule has 0 bridgehead atoms. The van der Waals surface area contributed by atoms with Gasteiger partial charge in [-0.3, -0.25) is 4.79 Å². The van der Waals surface area contributed by atoms with Gasteiger partial charge in [-0.2, -0.15) is 5.10 Å². The van der Waals surface area contributed by atoms with Crippen molar-refractivity contribution in [3.8, 4) is 12.3 Å². The molecule has 1 aliphatic rings. The quantitative estimate of drug-likeness (QED) is 0.872. The molecule has 0 aliphatic heterocycles. The van der Waals surface area contributed by atoms with Crippen LogP contribution in [0.4, 0.5) is 5.69 Å². The number of nitrogens with zero attached hydrogens (tertiary/aromatic N) is 2. The predicted octanol–water partition coefficient (Wildman–Crippen LogP) is 2.77.